The summed E-state index contributed by atoms with van der Waals surface area (Å²) in [5.74, 6) is -0.193. The average molecular weight is 323 g/mol. The molecule has 1 atom stereocenters. The van der Waals surface area contributed by atoms with Crippen LogP contribution in [0.1, 0.15) is 13.3 Å². The Balaban J connectivity index is 1.92. The summed E-state index contributed by atoms with van der Waals surface area (Å²) in [5, 5.41) is 2.65. The Morgan fingerprint density at radius 1 is 1.24 bits per heavy atom. The average Bonchev–Trinajstić information content (AvgIpc) is 2.74. The van der Waals surface area contributed by atoms with Crippen LogP contribution in [-0.4, -0.2) is 30.6 Å². The van der Waals surface area contributed by atoms with Gasteiger partial charge in [-0.15, -0.1) is 0 Å². The summed E-state index contributed by atoms with van der Waals surface area (Å²) in [7, 11) is -3.89. The molecule has 3 rings (SSSR count). The molecular weight excluding hydrogens is 306 g/mol. The van der Waals surface area contributed by atoms with E-state index >= 15 is 0 Å². The van der Waals surface area contributed by atoms with E-state index in [-0.39, 0.29) is 11.1 Å². The first-order chi connectivity index (χ1) is 9.96. The van der Waals surface area contributed by atoms with E-state index in [4.69, 9.17) is 4.55 Å². The van der Waals surface area contributed by atoms with Crippen LogP contribution in [0, 0.1) is 0 Å². The largest absolute Gasteiger partial charge is 0.358 e. The first kappa shape index (κ1) is 14.7. The molecule has 2 aromatic rings. The number of fused-ring (bicyclic) bond motifs is 3. The molecule has 0 bridgehead atoms. The van der Waals surface area contributed by atoms with Crippen molar-refractivity contribution in [1.82, 2.24) is 0 Å². The summed E-state index contributed by atoms with van der Waals surface area (Å²) < 4.78 is 30.6. The molecule has 4 nitrogen and oxygen atoms in total. The van der Waals surface area contributed by atoms with Gasteiger partial charge in [0.05, 0.1) is 16.8 Å². The molecule has 0 aliphatic carbocycles. The molecule has 0 amide bonds. The van der Waals surface area contributed by atoms with E-state index < -0.39 is 10.1 Å². The van der Waals surface area contributed by atoms with Crippen LogP contribution in [0.3, 0.4) is 0 Å². The summed E-state index contributed by atoms with van der Waals surface area (Å²) in [6.07, 6.45) is 0.423. The van der Waals surface area contributed by atoms with Crippen LogP contribution in [0.15, 0.2) is 41.3 Å². The van der Waals surface area contributed by atoms with Gasteiger partial charge in [0, 0.05) is 16.8 Å². The third kappa shape index (κ3) is 3.02. The molecule has 21 heavy (non-hydrogen) atoms. The molecule has 1 N–H and O–H groups in total. The van der Waals surface area contributed by atoms with E-state index in [1.54, 1.807) is 11.8 Å². The molecule has 0 aromatic heterocycles. The molecule has 0 fully saturated rings. The topological polar surface area (TPSA) is 57.6 Å². The van der Waals surface area contributed by atoms with Gasteiger partial charge in [-0.05, 0) is 24.8 Å². The molecule has 1 aliphatic rings. The summed E-state index contributed by atoms with van der Waals surface area (Å²) in [5.41, 5.74) is 1.18. The van der Waals surface area contributed by atoms with Gasteiger partial charge in [0.2, 0.25) is 0 Å². The summed E-state index contributed by atoms with van der Waals surface area (Å²) in [4.78, 5) is 3.46. The van der Waals surface area contributed by atoms with E-state index in [0.29, 0.717) is 13.0 Å². The number of rotatable bonds is 4. The minimum Gasteiger partial charge on any atom is -0.358 e. The number of benzene rings is 2. The fraction of sp³-hybridized carbons (Fsp3) is 0.333. The highest BCUT2D eigenvalue weighted by molar-refractivity contribution is 8.00. The first-order valence-corrected chi connectivity index (χ1v) is 9.35. The van der Waals surface area contributed by atoms with Crippen LogP contribution >= 0.6 is 11.8 Å². The van der Waals surface area contributed by atoms with Crippen LogP contribution in [-0.2, 0) is 10.1 Å². The lowest BCUT2D eigenvalue weighted by Crippen LogP contribution is -2.29. The van der Waals surface area contributed by atoms with Gasteiger partial charge in [0.25, 0.3) is 10.1 Å². The fourth-order valence-electron chi connectivity index (χ4n) is 2.77. The van der Waals surface area contributed by atoms with Crippen molar-refractivity contribution >= 4 is 38.3 Å². The van der Waals surface area contributed by atoms with E-state index in [0.717, 1.165) is 0 Å². The molecule has 6 heteroatoms. The Bertz CT molecular complexity index is 774. The lowest BCUT2D eigenvalue weighted by Gasteiger charge is -2.24. The predicted molar refractivity (Wildman–Crippen MR) is 87.6 cm³/mol. The second kappa shape index (κ2) is 5.51. The van der Waals surface area contributed by atoms with Crippen molar-refractivity contribution < 1.29 is 13.0 Å². The number of hydrogen-bond acceptors (Lipinski definition) is 4. The maximum Gasteiger partial charge on any atom is 0.264 e. The molecular formula is C15H17NO3S2. The van der Waals surface area contributed by atoms with Gasteiger partial charge < -0.3 is 4.90 Å². The van der Waals surface area contributed by atoms with Crippen molar-refractivity contribution in [2.24, 2.45) is 0 Å². The smallest absolute Gasteiger partial charge is 0.264 e. The van der Waals surface area contributed by atoms with Crippen LogP contribution < -0.4 is 4.90 Å². The number of anilines is 1. The molecule has 112 valence electrons. The molecule has 1 aliphatic heterocycles. The van der Waals surface area contributed by atoms with Gasteiger partial charge in [0.15, 0.2) is 0 Å². The zero-order chi connectivity index (χ0) is 15.0. The highest BCUT2D eigenvalue weighted by atomic mass is 32.2. The maximum atomic E-state index is 10.9. The Morgan fingerprint density at radius 2 is 2.00 bits per heavy atom. The minimum absolute atomic E-state index is 0.193. The molecule has 1 unspecified atom stereocenters. The number of thioether (sulfide) groups is 1. The molecule has 0 radical (unpaired) electrons. The lowest BCUT2D eigenvalue weighted by atomic mass is 10.1. The Hall–Kier alpha value is -1.24. The van der Waals surface area contributed by atoms with Crippen molar-refractivity contribution in [2.75, 3.05) is 17.2 Å². The molecule has 0 spiro atoms. The Kier molecular flexibility index (Phi) is 3.86. The van der Waals surface area contributed by atoms with E-state index in [9.17, 15) is 8.42 Å². The van der Waals surface area contributed by atoms with E-state index in [1.807, 2.05) is 12.1 Å². The van der Waals surface area contributed by atoms with Gasteiger partial charge in [-0.25, -0.2) is 0 Å². The van der Waals surface area contributed by atoms with Crippen molar-refractivity contribution in [3.8, 4) is 0 Å². The quantitative estimate of drug-likeness (QED) is 0.874. The van der Waals surface area contributed by atoms with E-state index in [1.165, 1.54) is 21.4 Å². The molecule has 1 heterocycles. The van der Waals surface area contributed by atoms with Crippen LogP contribution in [0.2, 0.25) is 0 Å². The molecule has 0 saturated carbocycles. The summed E-state index contributed by atoms with van der Waals surface area (Å²) in [6.45, 7) is 2.74. The van der Waals surface area contributed by atoms with Gasteiger partial charge in [0.1, 0.15) is 0 Å². The fourth-order valence-corrected chi connectivity index (χ4v) is 4.45. The van der Waals surface area contributed by atoms with Crippen molar-refractivity contribution in [1.29, 1.82) is 0 Å². The van der Waals surface area contributed by atoms with Gasteiger partial charge >= 0.3 is 0 Å². The standard InChI is InChI=1S/C15H17NO3S2/c1-11-16(9-4-10-21(17,18)19)15-13-6-3-2-5-12(13)7-8-14(15)20-11/h2-3,5-8,11H,4,9-10H2,1H3,(H,17,18,19). The van der Waals surface area contributed by atoms with E-state index in [2.05, 4.69) is 36.1 Å². The predicted octanol–water partition coefficient (Wildman–Crippen LogP) is 3.38. The Morgan fingerprint density at radius 3 is 2.76 bits per heavy atom. The number of nitrogens with zero attached hydrogens (tertiary/aromatic N) is 1. The summed E-state index contributed by atoms with van der Waals surface area (Å²) >= 11 is 1.79. The normalized spacial score (nSPS) is 18.2. The van der Waals surface area contributed by atoms with Crippen LogP contribution in [0.5, 0.6) is 0 Å². The SMILES string of the molecule is CC1Sc2ccc3ccccc3c2N1CCCS(=O)(=O)O. The zero-order valence-electron chi connectivity index (χ0n) is 11.7. The van der Waals surface area contributed by atoms with Gasteiger partial charge in [-0.1, -0.05) is 42.1 Å². The summed E-state index contributed by atoms with van der Waals surface area (Å²) in [6, 6.07) is 12.5. The second-order valence-electron chi connectivity index (χ2n) is 5.18. The first-order valence-electron chi connectivity index (χ1n) is 6.86. The lowest BCUT2D eigenvalue weighted by molar-refractivity contribution is 0.481. The van der Waals surface area contributed by atoms with Crippen molar-refractivity contribution in [2.45, 2.75) is 23.6 Å². The minimum atomic E-state index is -3.89. The third-order valence-corrected chi connectivity index (χ3v) is 5.67. The highest BCUT2D eigenvalue weighted by Crippen LogP contribution is 2.47. The number of hydrogen-bond donors (Lipinski definition) is 1. The molecule has 0 saturated heterocycles. The van der Waals surface area contributed by atoms with Crippen molar-refractivity contribution in [3.05, 3.63) is 36.4 Å². The van der Waals surface area contributed by atoms with Crippen LogP contribution in [0.25, 0.3) is 10.8 Å². The van der Waals surface area contributed by atoms with Crippen LogP contribution in [0.4, 0.5) is 5.69 Å². The highest BCUT2D eigenvalue weighted by Gasteiger charge is 2.28. The third-order valence-electron chi connectivity index (χ3n) is 3.69. The monoisotopic (exact) mass is 323 g/mol. The Labute approximate surface area is 128 Å². The zero-order valence-corrected chi connectivity index (χ0v) is 13.3. The second-order valence-corrected chi connectivity index (χ2v) is 8.11. The van der Waals surface area contributed by atoms with Gasteiger partial charge in [-0.2, -0.15) is 8.42 Å². The van der Waals surface area contributed by atoms with Crippen molar-refractivity contribution in [3.63, 3.8) is 0 Å². The van der Waals surface area contributed by atoms with Gasteiger partial charge in [-0.3, -0.25) is 4.55 Å². The maximum absolute atomic E-state index is 10.9. The molecule has 2 aromatic carbocycles.